The minimum absolute atomic E-state index is 0.747. The fraction of sp³-hybridized carbons (Fsp3) is 0.526. The number of aromatic nitrogens is 1. The molecule has 3 heteroatoms. The number of benzene rings is 1. The summed E-state index contributed by atoms with van der Waals surface area (Å²) in [4.78, 5) is 11.3. The Balaban J connectivity index is 1.95. The number of nitrogens with zero attached hydrogens (tertiary/aromatic N) is 1. The van der Waals surface area contributed by atoms with Crippen LogP contribution in [0.5, 0.6) is 5.75 Å². The van der Waals surface area contributed by atoms with Crippen LogP contribution in [0, 0.1) is 0 Å². The number of methoxy groups -OCH3 is 1. The molecule has 0 unspecified atom stereocenters. The second-order valence-electron chi connectivity index (χ2n) is 5.90. The topological polar surface area (TPSA) is 31.2 Å². The summed E-state index contributed by atoms with van der Waals surface area (Å²) in [7, 11) is 1.65. The molecule has 2 aromatic rings. The van der Waals surface area contributed by atoms with E-state index in [0.29, 0.717) is 0 Å². The van der Waals surface area contributed by atoms with Gasteiger partial charge in [0.15, 0.2) is 6.29 Å². The molecule has 0 spiro atoms. The van der Waals surface area contributed by atoms with Gasteiger partial charge in [-0.05, 0) is 24.6 Å². The molecule has 0 aliphatic rings. The predicted octanol–water partition coefficient (Wildman–Crippen LogP) is 5.21. The average molecular weight is 301 g/mol. The highest BCUT2D eigenvalue weighted by Gasteiger charge is 2.08. The Kier molecular flexibility index (Phi) is 6.50. The first-order chi connectivity index (χ1) is 10.8. The number of ether oxygens (including phenoxy) is 1. The van der Waals surface area contributed by atoms with Crippen molar-refractivity contribution in [3.63, 3.8) is 0 Å². The van der Waals surface area contributed by atoms with Crippen LogP contribution >= 0.6 is 0 Å². The van der Waals surface area contributed by atoms with E-state index in [1.165, 1.54) is 44.9 Å². The first-order valence-electron chi connectivity index (χ1n) is 8.42. The maximum atomic E-state index is 11.3. The fourth-order valence-corrected chi connectivity index (χ4v) is 2.95. The van der Waals surface area contributed by atoms with Crippen LogP contribution in [0.25, 0.3) is 10.9 Å². The summed E-state index contributed by atoms with van der Waals surface area (Å²) in [5, 5.41) is 0.984. The van der Waals surface area contributed by atoms with Crippen molar-refractivity contribution in [3.8, 4) is 5.75 Å². The van der Waals surface area contributed by atoms with Crippen molar-refractivity contribution in [2.45, 2.75) is 58.4 Å². The number of carbonyl (C=O) groups excluding carboxylic acids is 1. The van der Waals surface area contributed by atoms with Crippen molar-refractivity contribution < 1.29 is 9.53 Å². The fourth-order valence-electron chi connectivity index (χ4n) is 2.95. The first kappa shape index (κ1) is 16.6. The molecule has 0 amide bonds. The number of carbonyl (C=O) groups is 1. The molecular weight excluding hydrogens is 274 g/mol. The Morgan fingerprint density at radius 1 is 1.09 bits per heavy atom. The Morgan fingerprint density at radius 2 is 1.82 bits per heavy atom. The Hall–Kier alpha value is -1.77. The molecule has 2 rings (SSSR count). The number of rotatable bonds is 10. The molecule has 0 fully saturated rings. The molecular formula is C19H27NO2. The molecule has 0 saturated heterocycles. The molecule has 22 heavy (non-hydrogen) atoms. The lowest BCUT2D eigenvalue weighted by molar-refractivity contribution is 0.112. The van der Waals surface area contributed by atoms with Crippen molar-refractivity contribution >= 4 is 17.2 Å². The summed E-state index contributed by atoms with van der Waals surface area (Å²) in [6.45, 7) is 3.22. The van der Waals surface area contributed by atoms with Gasteiger partial charge in [0.25, 0.3) is 0 Å². The number of hydrogen-bond donors (Lipinski definition) is 0. The lowest BCUT2D eigenvalue weighted by Gasteiger charge is -2.06. The van der Waals surface area contributed by atoms with Crippen LogP contribution in [0.1, 0.15) is 62.2 Å². The van der Waals surface area contributed by atoms with E-state index in [4.69, 9.17) is 4.74 Å². The van der Waals surface area contributed by atoms with Gasteiger partial charge in [-0.2, -0.15) is 0 Å². The zero-order valence-corrected chi connectivity index (χ0v) is 13.8. The second kappa shape index (κ2) is 8.62. The molecule has 1 heterocycles. The van der Waals surface area contributed by atoms with Gasteiger partial charge in [0.1, 0.15) is 5.75 Å². The van der Waals surface area contributed by atoms with Crippen LogP contribution in [0.3, 0.4) is 0 Å². The van der Waals surface area contributed by atoms with Gasteiger partial charge in [0.2, 0.25) is 0 Å². The first-order valence-corrected chi connectivity index (χ1v) is 8.42. The Bertz CT molecular complexity index is 601. The highest BCUT2D eigenvalue weighted by molar-refractivity contribution is 5.98. The van der Waals surface area contributed by atoms with E-state index < -0.39 is 0 Å². The van der Waals surface area contributed by atoms with E-state index in [9.17, 15) is 4.79 Å². The van der Waals surface area contributed by atoms with Crippen LogP contribution in [0.15, 0.2) is 24.4 Å². The molecule has 0 aliphatic carbocycles. The molecule has 1 aromatic carbocycles. The molecule has 0 atom stereocenters. The average Bonchev–Trinajstić information content (AvgIpc) is 2.91. The minimum atomic E-state index is 0.747. The maximum absolute atomic E-state index is 11.3. The monoisotopic (exact) mass is 301 g/mol. The van der Waals surface area contributed by atoms with Gasteiger partial charge in [-0.15, -0.1) is 0 Å². The van der Waals surface area contributed by atoms with E-state index in [0.717, 1.165) is 35.0 Å². The van der Waals surface area contributed by atoms with Crippen LogP contribution in [0.2, 0.25) is 0 Å². The van der Waals surface area contributed by atoms with E-state index in [-0.39, 0.29) is 0 Å². The Labute approximate surface area is 133 Å². The molecule has 120 valence electrons. The zero-order chi connectivity index (χ0) is 15.8. The van der Waals surface area contributed by atoms with Crippen LogP contribution in [0.4, 0.5) is 0 Å². The number of hydrogen-bond acceptors (Lipinski definition) is 2. The molecule has 0 bridgehead atoms. The van der Waals surface area contributed by atoms with E-state index >= 15 is 0 Å². The summed E-state index contributed by atoms with van der Waals surface area (Å²) in [5.41, 5.74) is 1.87. The minimum Gasteiger partial charge on any atom is -0.497 e. The Morgan fingerprint density at radius 3 is 2.50 bits per heavy atom. The van der Waals surface area contributed by atoms with Gasteiger partial charge in [-0.3, -0.25) is 4.79 Å². The molecule has 3 nitrogen and oxygen atoms in total. The second-order valence-corrected chi connectivity index (χ2v) is 5.90. The quantitative estimate of drug-likeness (QED) is 0.445. The van der Waals surface area contributed by atoms with Gasteiger partial charge in [0.05, 0.1) is 7.11 Å². The van der Waals surface area contributed by atoms with Crippen molar-refractivity contribution in [1.29, 1.82) is 0 Å². The normalized spacial score (nSPS) is 11.0. The van der Waals surface area contributed by atoms with Crippen LogP contribution < -0.4 is 4.74 Å². The van der Waals surface area contributed by atoms with E-state index in [1.807, 2.05) is 24.4 Å². The third kappa shape index (κ3) is 4.12. The summed E-state index contributed by atoms with van der Waals surface area (Å²) in [6, 6.07) is 5.95. The molecule has 1 aromatic heterocycles. The standard InChI is InChI=1S/C19H27NO2/c1-3-4-5-6-7-8-9-12-20-14-16(15-21)18-13-17(22-2)10-11-19(18)20/h10-11,13-15H,3-9,12H2,1-2H3. The predicted molar refractivity (Wildman–Crippen MR) is 91.9 cm³/mol. The van der Waals surface area contributed by atoms with E-state index in [1.54, 1.807) is 7.11 Å². The summed E-state index contributed by atoms with van der Waals surface area (Å²) in [5.74, 6) is 0.796. The lowest BCUT2D eigenvalue weighted by atomic mass is 10.1. The van der Waals surface area contributed by atoms with Gasteiger partial charge in [-0.1, -0.05) is 45.4 Å². The SMILES string of the molecule is CCCCCCCCCn1cc(C=O)c2cc(OC)ccc21. The largest absolute Gasteiger partial charge is 0.497 e. The van der Waals surface area contributed by atoms with Crippen molar-refractivity contribution in [3.05, 3.63) is 30.0 Å². The molecule has 0 saturated carbocycles. The summed E-state index contributed by atoms with van der Waals surface area (Å²) in [6.07, 6.45) is 12.0. The molecule has 0 N–H and O–H groups in total. The number of unbranched alkanes of at least 4 members (excludes halogenated alkanes) is 6. The van der Waals surface area contributed by atoms with Crippen molar-refractivity contribution in [1.82, 2.24) is 4.57 Å². The zero-order valence-electron chi connectivity index (χ0n) is 13.8. The summed E-state index contributed by atoms with van der Waals surface area (Å²) >= 11 is 0. The lowest BCUT2D eigenvalue weighted by Crippen LogP contribution is -1.96. The van der Waals surface area contributed by atoms with Crippen molar-refractivity contribution in [2.24, 2.45) is 0 Å². The third-order valence-corrected chi connectivity index (χ3v) is 4.25. The van der Waals surface area contributed by atoms with Gasteiger partial charge in [0, 0.05) is 29.2 Å². The van der Waals surface area contributed by atoms with E-state index in [2.05, 4.69) is 11.5 Å². The maximum Gasteiger partial charge on any atom is 0.152 e. The van der Waals surface area contributed by atoms with Gasteiger partial charge < -0.3 is 9.30 Å². The van der Waals surface area contributed by atoms with Gasteiger partial charge >= 0.3 is 0 Å². The smallest absolute Gasteiger partial charge is 0.152 e. The van der Waals surface area contributed by atoms with Crippen LogP contribution in [-0.2, 0) is 6.54 Å². The summed E-state index contributed by atoms with van der Waals surface area (Å²) < 4.78 is 7.45. The van der Waals surface area contributed by atoms with Crippen LogP contribution in [-0.4, -0.2) is 18.0 Å². The number of aryl methyl sites for hydroxylation is 1. The highest BCUT2D eigenvalue weighted by atomic mass is 16.5. The van der Waals surface area contributed by atoms with Crippen molar-refractivity contribution in [2.75, 3.05) is 7.11 Å². The number of fused-ring (bicyclic) bond motifs is 1. The van der Waals surface area contributed by atoms with Gasteiger partial charge in [-0.25, -0.2) is 0 Å². The number of aldehydes is 1. The molecule has 0 radical (unpaired) electrons. The molecule has 0 aliphatic heterocycles. The highest BCUT2D eigenvalue weighted by Crippen LogP contribution is 2.25. The third-order valence-electron chi connectivity index (χ3n) is 4.25.